The lowest BCUT2D eigenvalue weighted by molar-refractivity contribution is -0.192. The van der Waals surface area contributed by atoms with Gasteiger partial charge >= 0.3 is 12.1 Å². The molecule has 3 heterocycles. The number of hydrogen-bond donors (Lipinski definition) is 1. The number of halogens is 3. The zero-order valence-corrected chi connectivity index (χ0v) is 14.3. The van der Waals surface area contributed by atoms with Crippen LogP contribution in [0, 0.1) is 0 Å². The van der Waals surface area contributed by atoms with Crippen LogP contribution in [0.1, 0.15) is 17.3 Å². The third-order valence-electron chi connectivity index (χ3n) is 3.58. The molecule has 1 unspecified atom stereocenters. The Morgan fingerprint density at radius 1 is 1.52 bits per heavy atom. The lowest BCUT2D eigenvalue weighted by atomic mass is 10.2. The van der Waals surface area contributed by atoms with E-state index in [2.05, 4.69) is 31.3 Å². The average molecular weight is 377 g/mol. The van der Waals surface area contributed by atoms with Crippen LogP contribution in [0.2, 0.25) is 0 Å². The molecule has 3 rings (SSSR count). The number of imidazole rings is 1. The van der Waals surface area contributed by atoms with E-state index in [0.717, 1.165) is 26.2 Å². The fourth-order valence-electron chi connectivity index (χ4n) is 2.55. The smallest absolute Gasteiger partial charge is 0.475 e. The normalized spacial score (nSPS) is 17.5. The van der Waals surface area contributed by atoms with Crippen molar-refractivity contribution in [3.8, 4) is 0 Å². The van der Waals surface area contributed by atoms with Gasteiger partial charge in [0.05, 0.1) is 24.7 Å². The zero-order chi connectivity index (χ0) is 18.4. The maximum atomic E-state index is 10.6. The second-order valence-corrected chi connectivity index (χ2v) is 6.29. The summed E-state index contributed by atoms with van der Waals surface area (Å²) in [6, 6.07) is 2.57. The minimum absolute atomic E-state index is 0.375. The maximum Gasteiger partial charge on any atom is 0.490 e. The van der Waals surface area contributed by atoms with Crippen molar-refractivity contribution in [3.63, 3.8) is 0 Å². The molecule has 1 aliphatic heterocycles. The molecule has 2 aromatic rings. The number of ether oxygens (including phenoxy) is 1. The number of fused-ring (bicyclic) bond motifs is 1. The molecule has 6 nitrogen and oxygen atoms in total. The first-order valence-electron chi connectivity index (χ1n) is 7.34. The molecule has 0 bridgehead atoms. The van der Waals surface area contributed by atoms with Crippen LogP contribution in [-0.4, -0.2) is 52.0 Å². The highest BCUT2D eigenvalue weighted by Crippen LogP contribution is 2.23. The molecule has 0 amide bonds. The van der Waals surface area contributed by atoms with Crippen molar-refractivity contribution in [2.75, 3.05) is 20.3 Å². The Labute approximate surface area is 146 Å². The molecule has 0 spiro atoms. The second-order valence-electron chi connectivity index (χ2n) is 5.51. The predicted octanol–water partition coefficient (Wildman–Crippen LogP) is 2.78. The van der Waals surface area contributed by atoms with Gasteiger partial charge in [-0.1, -0.05) is 0 Å². The van der Waals surface area contributed by atoms with Crippen molar-refractivity contribution in [2.45, 2.75) is 25.3 Å². The Morgan fingerprint density at radius 3 is 2.80 bits per heavy atom. The highest BCUT2D eigenvalue weighted by molar-refractivity contribution is 7.07. The average Bonchev–Trinajstić information content (AvgIpc) is 3.18. The quantitative estimate of drug-likeness (QED) is 0.888. The van der Waals surface area contributed by atoms with Crippen LogP contribution < -0.4 is 0 Å². The number of rotatable bonds is 4. The molecule has 0 fully saturated rings. The van der Waals surface area contributed by atoms with Gasteiger partial charge in [0.2, 0.25) is 0 Å². The fraction of sp³-hybridized carbons (Fsp3) is 0.467. The van der Waals surface area contributed by atoms with Crippen LogP contribution in [0.25, 0.3) is 0 Å². The first kappa shape index (κ1) is 19.4. The Hall–Kier alpha value is -1.91. The molecule has 2 aromatic heterocycles. The number of carboxylic acids is 1. The van der Waals surface area contributed by atoms with Crippen LogP contribution in [0.15, 0.2) is 29.4 Å². The molecule has 0 saturated carbocycles. The van der Waals surface area contributed by atoms with Crippen LogP contribution in [0.3, 0.4) is 0 Å². The summed E-state index contributed by atoms with van der Waals surface area (Å²) in [6.07, 6.45) is -1.20. The lowest BCUT2D eigenvalue weighted by Crippen LogP contribution is -2.38. The van der Waals surface area contributed by atoms with E-state index in [1.165, 1.54) is 11.3 Å². The zero-order valence-electron chi connectivity index (χ0n) is 13.4. The van der Waals surface area contributed by atoms with E-state index in [1.807, 2.05) is 12.5 Å². The Balaban J connectivity index is 0.000000277. The number of aromatic nitrogens is 2. The third-order valence-corrected chi connectivity index (χ3v) is 4.31. The van der Waals surface area contributed by atoms with Crippen molar-refractivity contribution in [3.05, 3.63) is 40.6 Å². The molecule has 25 heavy (non-hydrogen) atoms. The van der Waals surface area contributed by atoms with Gasteiger partial charge in [-0.25, -0.2) is 9.78 Å². The largest absolute Gasteiger partial charge is 0.490 e. The summed E-state index contributed by atoms with van der Waals surface area (Å²) in [7, 11) is 1.76. The minimum Gasteiger partial charge on any atom is -0.475 e. The van der Waals surface area contributed by atoms with E-state index < -0.39 is 12.1 Å². The number of alkyl halides is 3. The van der Waals surface area contributed by atoms with Gasteiger partial charge < -0.3 is 14.4 Å². The first-order chi connectivity index (χ1) is 11.8. The summed E-state index contributed by atoms with van der Waals surface area (Å²) in [6.45, 7) is 3.74. The molecule has 0 saturated heterocycles. The Bertz CT molecular complexity index is 673. The van der Waals surface area contributed by atoms with E-state index in [9.17, 15) is 13.2 Å². The van der Waals surface area contributed by atoms with Gasteiger partial charge in [0.1, 0.15) is 0 Å². The monoisotopic (exact) mass is 377 g/mol. The number of methoxy groups -OCH3 is 1. The minimum atomic E-state index is -5.08. The summed E-state index contributed by atoms with van der Waals surface area (Å²) in [5, 5.41) is 11.5. The van der Waals surface area contributed by atoms with Crippen molar-refractivity contribution >= 4 is 17.3 Å². The van der Waals surface area contributed by atoms with Crippen LogP contribution in [-0.2, 0) is 22.6 Å². The standard InChI is InChI=1S/C13H17N3OS.C2HF3O2/c1-17-8-13-7-15(5-11-2-3-18-9-11)6-12-4-14-10-16(12)13;3-2(4,5)1(6)7/h2-4,9-10,13H,5-8H2,1H3;(H,6,7). The summed E-state index contributed by atoms with van der Waals surface area (Å²) in [5.41, 5.74) is 2.67. The molecule has 138 valence electrons. The van der Waals surface area contributed by atoms with Gasteiger partial charge in [0, 0.05) is 32.9 Å². The molecule has 1 atom stereocenters. The third kappa shape index (κ3) is 5.55. The number of carboxylic acid groups (broad SMARTS) is 1. The summed E-state index contributed by atoms with van der Waals surface area (Å²) < 4.78 is 39.3. The Kier molecular flexibility index (Phi) is 6.57. The van der Waals surface area contributed by atoms with Crippen molar-refractivity contribution in [1.29, 1.82) is 0 Å². The SMILES string of the molecule is COCC1CN(Cc2ccsc2)Cc2cncn21.O=C(O)C(F)(F)F. The molecule has 1 aliphatic rings. The predicted molar refractivity (Wildman–Crippen MR) is 85.3 cm³/mol. The molecule has 10 heteroatoms. The molecule has 0 aromatic carbocycles. The number of aliphatic carboxylic acids is 1. The fourth-order valence-corrected chi connectivity index (χ4v) is 3.21. The van der Waals surface area contributed by atoms with Gasteiger partial charge in [-0.3, -0.25) is 4.90 Å². The van der Waals surface area contributed by atoms with Crippen molar-refractivity contribution in [1.82, 2.24) is 14.5 Å². The van der Waals surface area contributed by atoms with Crippen molar-refractivity contribution < 1.29 is 27.8 Å². The van der Waals surface area contributed by atoms with Crippen LogP contribution >= 0.6 is 11.3 Å². The number of carbonyl (C=O) groups is 1. The summed E-state index contributed by atoms with van der Waals surface area (Å²) in [4.78, 5) is 15.6. The molecular formula is C15H18F3N3O3S. The Morgan fingerprint density at radius 2 is 2.24 bits per heavy atom. The van der Waals surface area contributed by atoms with E-state index in [0.29, 0.717) is 6.04 Å². The topological polar surface area (TPSA) is 67.6 Å². The van der Waals surface area contributed by atoms with Crippen molar-refractivity contribution in [2.24, 2.45) is 0 Å². The molecule has 0 aliphatic carbocycles. The molecule has 1 N–H and O–H groups in total. The number of nitrogens with zero attached hydrogens (tertiary/aromatic N) is 3. The molecule has 0 radical (unpaired) electrons. The van der Waals surface area contributed by atoms with E-state index in [1.54, 1.807) is 18.4 Å². The van der Waals surface area contributed by atoms with Gasteiger partial charge in [-0.2, -0.15) is 24.5 Å². The van der Waals surface area contributed by atoms with Gasteiger partial charge in [-0.05, 0) is 22.4 Å². The van der Waals surface area contributed by atoms with Gasteiger partial charge in [-0.15, -0.1) is 0 Å². The lowest BCUT2D eigenvalue weighted by Gasteiger charge is -2.34. The first-order valence-corrected chi connectivity index (χ1v) is 8.28. The highest BCUT2D eigenvalue weighted by Gasteiger charge is 2.38. The number of hydrogen-bond acceptors (Lipinski definition) is 5. The van der Waals surface area contributed by atoms with Crippen LogP contribution in [0.5, 0.6) is 0 Å². The summed E-state index contributed by atoms with van der Waals surface area (Å²) in [5.74, 6) is -2.76. The molecular weight excluding hydrogens is 359 g/mol. The van der Waals surface area contributed by atoms with E-state index in [-0.39, 0.29) is 0 Å². The number of thiophene rings is 1. The highest BCUT2D eigenvalue weighted by atomic mass is 32.1. The van der Waals surface area contributed by atoms with E-state index in [4.69, 9.17) is 14.6 Å². The second kappa shape index (κ2) is 8.45. The van der Waals surface area contributed by atoms with Crippen LogP contribution in [0.4, 0.5) is 13.2 Å². The summed E-state index contributed by atoms with van der Waals surface area (Å²) >= 11 is 1.76. The van der Waals surface area contributed by atoms with E-state index >= 15 is 0 Å². The van der Waals surface area contributed by atoms with Gasteiger partial charge in [0.15, 0.2) is 0 Å². The van der Waals surface area contributed by atoms with Gasteiger partial charge in [0.25, 0.3) is 0 Å². The maximum absolute atomic E-state index is 10.6.